The number of nitrogens with zero attached hydrogens (tertiary/aromatic N) is 1. The fourth-order valence-corrected chi connectivity index (χ4v) is 2.90. The van der Waals surface area contributed by atoms with E-state index in [4.69, 9.17) is 11.6 Å². The first-order valence-electron chi connectivity index (χ1n) is 5.95. The molecule has 2 nitrogen and oxygen atoms in total. The fourth-order valence-electron chi connectivity index (χ4n) is 2.66. The van der Waals surface area contributed by atoms with Gasteiger partial charge in [0.25, 0.3) is 0 Å². The molecule has 0 aliphatic heterocycles. The van der Waals surface area contributed by atoms with Gasteiger partial charge in [-0.1, -0.05) is 25.4 Å². The molecule has 1 N–H and O–H groups in total. The molecule has 1 heterocycles. The number of pyridine rings is 1. The van der Waals surface area contributed by atoms with Crippen molar-refractivity contribution in [1.82, 2.24) is 4.98 Å². The van der Waals surface area contributed by atoms with E-state index in [1.54, 1.807) is 6.20 Å². The summed E-state index contributed by atoms with van der Waals surface area (Å²) >= 11 is 6.15. The lowest BCUT2D eigenvalue weighted by molar-refractivity contribution is -0.0222. The molecule has 0 radical (unpaired) electrons. The summed E-state index contributed by atoms with van der Waals surface area (Å²) in [6.45, 7) is 4.09. The molecule has 1 aliphatic rings. The first-order valence-corrected chi connectivity index (χ1v) is 6.33. The summed E-state index contributed by atoms with van der Waals surface area (Å²) in [5, 5.41) is 11.3. The van der Waals surface area contributed by atoms with Crippen LogP contribution < -0.4 is 0 Å². The van der Waals surface area contributed by atoms with E-state index in [-0.39, 0.29) is 5.92 Å². The van der Waals surface area contributed by atoms with Crippen LogP contribution in [-0.4, -0.2) is 15.7 Å². The second-order valence-corrected chi connectivity index (χ2v) is 5.04. The molecule has 88 valence electrons. The molecule has 0 saturated carbocycles. The van der Waals surface area contributed by atoms with Gasteiger partial charge in [0.1, 0.15) is 0 Å². The average Bonchev–Trinajstić information content (AvgIpc) is 2.74. The predicted octanol–water partition coefficient (Wildman–Crippen LogP) is 3.00. The van der Waals surface area contributed by atoms with Crippen LogP contribution >= 0.6 is 11.6 Å². The molecule has 0 aromatic carbocycles. The molecule has 1 aliphatic carbocycles. The van der Waals surface area contributed by atoms with Crippen molar-refractivity contribution in [2.24, 2.45) is 5.92 Å². The quantitative estimate of drug-likeness (QED) is 0.880. The van der Waals surface area contributed by atoms with Crippen LogP contribution in [0.25, 0.3) is 0 Å². The number of fused-ring (bicyclic) bond motifs is 1. The highest BCUT2D eigenvalue weighted by Gasteiger charge is 2.38. The zero-order chi connectivity index (χ0) is 11.8. The number of aliphatic hydroxyl groups is 1. The lowest BCUT2D eigenvalue weighted by atomic mass is 9.81. The standard InChI is InChI=1S/C13H18ClNO/c1-3-13(16,4-2)9-7-10-11(14)5-6-15-12(10)8-9/h5-6,9,16H,3-4,7-8H2,1-2H3. The van der Waals surface area contributed by atoms with Gasteiger partial charge < -0.3 is 5.11 Å². The van der Waals surface area contributed by atoms with E-state index in [2.05, 4.69) is 4.98 Å². The van der Waals surface area contributed by atoms with Crippen molar-refractivity contribution in [3.63, 3.8) is 0 Å². The fraction of sp³-hybridized carbons (Fsp3) is 0.615. The van der Waals surface area contributed by atoms with Gasteiger partial charge in [-0.05, 0) is 43.2 Å². The zero-order valence-electron chi connectivity index (χ0n) is 9.83. The molecule has 2 rings (SSSR count). The summed E-state index contributed by atoms with van der Waals surface area (Å²) < 4.78 is 0. The molecule has 3 heteroatoms. The predicted molar refractivity (Wildman–Crippen MR) is 65.7 cm³/mol. The van der Waals surface area contributed by atoms with Gasteiger partial charge in [0.15, 0.2) is 0 Å². The minimum absolute atomic E-state index is 0.268. The maximum Gasteiger partial charge on any atom is 0.0677 e. The summed E-state index contributed by atoms with van der Waals surface area (Å²) in [5.41, 5.74) is 1.64. The van der Waals surface area contributed by atoms with Crippen molar-refractivity contribution in [3.8, 4) is 0 Å². The van der Waals surface area contributed by atoms with Crippen LogP contribution in [-0.2, 0) is 12.8 Å². The van der Waals surface area contributed by atoms with Crippen molar-refractivity contribution >= 4 is 11.6 Å². The Bertz CT molecular complexity index is 388. The van der Waals surface area contributed by atoms with Gasteiger partial charge in [-0.25, -0.2) is 0 Å². The minimum atomic E-state index is -0.565. The van der Waals surface area contributed by atoms with Gasteiger partial charge in [-0.2, -0.15) is 0 Å². The van der Waals surface area contributed by atoms with Crippen molar-refractivity contribution < 1.29 is 5.11 Å². The lowest BCUT2D eigenvalue weighted by Gasteiger charge is -2.31. The van der Waals surface area contributed by atoms with E-state index in [1.807, 2.05) is 19.9 Å². The molecular weight excluding hydrogens is 222 g/mol. The van der Waals surface area contributed by atoms with E-state index in [9.17, 15) is 5.11 Å². The molecule has 0 spiro atoms. The van der Waals surface area contributed by atoms with Crippen molar-refractivity contribution in [2.45, 2.75) is 45.1 Å². The SMILES string of the molecule is CCC(O)(CC)C1Cc2nccc(Cl)c2C1. The Morgan fingerprint density at radius 1 is 1.44 bits per heavy atom. The molecule has 0 saturated heterocycles. The molecular formula is C13H18ClNO. The number of halogens is 1. The zero-order valence-corrected chi connectivity index (χ0v) is 10.6. The third-order valence-electron chi connectivity index (χ3n) is 3.96. The Hall–Kier alpha value is -0.600. The Labute approximate surface area is 102 Å². The van der Waals surface area contributed by atoms with Crippen LogP contribution in [0.5, 0.6) is 0 Å². The number of hydrogen-bond acceptors (Lipinski definition) is 2. The second kappa shape index (κ2) is 4.34. The maximum atomic E-state index is 10.5. The Morgan fingerprint density at radius 3 is 2.69 bits per heavy atom. The lowest BCUT2D eigenvalue weighted by Crippen LogP contribution is -2.37. The Morgan fingerprint density at radius 2 is 2.12 bits per heavy atom. The average molecular weight is 240 g/mol. The molecule has 16 heavy (non-hydrogen) atoms. The first kappa shape index (κ1) is 11.9. The van der Waals surface area contributed by atoms with E-state index >= 15 is 0 Å². The van der Waals surface area contributed by atoms with Crippen LogP contribution in [0.2, 0.25) is 5.02 Å². The normalized spacial score (nSPS) is 19.9. The molecule has 1 aromatic rings. The summed E-state index contributed by atoms with van der Waals surface area (Å²) in [6.07, 6.45) is 5.05. The second-order valence-electron chi connectivity index (χ2n) is 4.63. The van der Waals surface area contributed by atoms with Crippen LogP contribution in [0.1, 0.15) is 37.9 Å². The molecule has 0 fully saturated rings. The molecule has 1 aromatic heterocycles. The first-order chi connectivity index (χ1) is 7.60. The third kappa shape index (κ3) is 1.85. The van der Waals surface area contributed by atoms with Gasteiger partial charge in [0.2, 0.25) is 0 Å². The van der Waals surface area contributed by atoms with E-state index in [0.29, 0.717) is 0 Å². The number of hydrogen-bond donors (Lipinski definition) is 1. The largest absolute Gasteiger partial charge is 0.390 e. The van der Waals surface area contributed by atoms with Crippen LogP contribution in [0.4, 0.5) is 0 Å². The number of aromatic nitrogens is 1. The molecule has 0 bridgehead atoms. The van der Waals surface area contributed by atoms with Crippen molar-refractivity contribution in [1.29, 1.82) is 0 Å². The summed E-state index contributed by atoms with van der Waals surface area (Å²) in [6, 6.07) is 1.83. The molecule has 1 atom stereocenters. The van der Waals surface area contributed by atoms with E-state index < -0.39 is 5.60 Å². The highest BCUT2D eigenvalue weighted by Crippen LogP contribution is 2.38. The van der Waals surface area contributed by atoms with Gasteiger partial charge in [-0.3, -0.25) is 4.98 Å². The van der Waals surface area contributed by atoms with Crippen LogP contribution in [0, 0.1) is 5.92 Å². The minimum Gasteiger partial charge on any atom is -0.390 e. The molecule has 1 unspecified atom stereocenters. The van der Waals surface area contributed by atoms with Crippen molar-refractivity contribution in [3.05, 3.63) is 28.5 Å². The maximum absolute atomic E-state index is 10.5. The van der Waals surface area contributed by atoms with Gasteiger partial charge >= 0.3 is 0 Å². The highest BCUT2D eigenvalue weighted by atomic mass is 35.5. The summed E-state index contributed by atoms with van der Waals surface area (Å²) in [4.78, 5) is 4.36. The summed E-state index contributed by atoms with van der Waals surface area (Å²) in [7, 11) is 0. The molecule has 0 amide bonds. The van der Waals surface area contributed by atoms with Gasteiger partial charge in [0, 0.05) is 16.9 Å². The van der Waals surface area contributed by atoms with E-state index in [1.165, 1.54) is 0 Å². The third-order valence-corrected chi connectivity index (χ3v) is 4.32. The monoisotopic (exact) mass is 239 g/mol. The van der Waals surface area contributed by atoms with Crippen LogP contribution in [0.15, 0.2) is 12.3 Å². The Balaban J connectivity index is 2.26. The van der Waals surface area contributed by atoms with Crippen LogP contribution in [0.3, 0.4) is 0 Å². The van der Waals surface area contributed by atoms with Gasteiger partial charge in [-0.15, -0.1) is 0 Å². The van der Waals surface area contributed by atoms with E-state index in [0.717, 1.165) is 42.0 Å². The highest BCUT2D eigenvalue weighted by molar-refractivity contribution is 6.31. The topological polar surface area (TPSA) is 33.1 Å². The smallest absolute Gasteiger partial charge is 0.0677 e. The summed E-state index contributed by atoms with van der Waals surface area (Å²) in [5.74, 6) is 0.268. The van der Waals surface area contributed by atoms with Crippen molar-refractivity contribution in [2.75, 3.05) is 0 Å². The number of rotatable bonds is 3. The van der Waals surface area contributed by atoms with Gasteiger partial charge in [0.05, 0.1) is 5.60 Å². The Kier molecular flexibility index (Phi) is 3.22.